The van der Waals surface area contributed by atoms with Crippen molar-refractivity contribution >= 4 is 11.8 Å². The van der Waals surface area contributed by atoms with E-state index < -0.39 is 5.41 Å². The van der Waals surface area contributed by atoms with Crippen LogP contribution in [0.3, 0.4) is 0 Å². The molecular formula is C55H36N6S. The zero-order valence-corrected chi connectivity index (χ0v) is 34.3. The van der Waals surface area contributed by atoms with Crippen LogP contribution in [0, 0.1) is 0 Å². The van der Waals surface area contributed by atoms with Gasteiger partial charge in [0.15, 0.2) is 17.5 Å². The molecule has 9 aromatic rings. The van der Waals surface area contributed by atoms with Gasteiger partial charge in [-0.3, -0.25) is 9.97 Å². The highest BCUT2D eigenvalue weighted by atomic mass is 32.2. The van der Waals surface area contributed by atoms with Gasteiger partial charge in [-0.25, -0.2) is 19.9 Å². The lowest BCUT2D eigenvalue weighted by atomic mass is 9.65. The first-order chi connectivity index (χ1) is 30.7. The predicted molar refractivity (Wildman–Crippen MR) is 249 cm³/mol. The molecule has 1 spiro atoms. The topological polar surface area (TPSA) is 77.3 Å². The Morgan fingerprint density at radius 3 is 1.52 bits per heavy atom. The minimum Gasteiger partial charge on any atom is -0.265 e. The molecule has 0 amide bonds. The summed E-state index contributed by atoms with van der Waals surface area (Å²) in [5.74, 6) is 1.93. The van der Waals surface area contributed by atoms with E-state index in [0.29, 0.717) is 17.5 Å². The average molecular weight is 813 g/mol. The van der Waals surface area contributed by atoms with Crippen molar-refractivity contribution in [1.82, 2.24) is 29.9 Å². The fourth-order valence-corrected chi connectivity index (χ4v) is 10.7. The SMILES string of the molecule is C1=C2Sc3ccccc3C3(C2=CCC1)c1cc(-c2cc(-c4ccncc4)nc(-c4ccncc4)c2)ccc1-c1ccc(-c2nc(-c4ccccc4)nc(-c4ccccc4)n2)cc13. The van der Waals surface area contributed by atoms with Gasteiger partial charge in [0, 0.05) is 62.4 Å². The minimum atomic E-state index is -0.586. The molecule has 1 atom stereocenters. The molecule has 0 N–H and O–H groups in total. The number of hydrogen-bond acceptors (Lipinski definition) is 7. The average Bonchev–Trinajstić information content (AvgIpc) is 3.64. The third-order valence-electron chi connectivity index (χ3n) is 12.2. The van der Waals surface area contributed by atoms with E-state index in [1.807, 2.05) is 97.2 Å². The third-order valence-corrected chi connectivity index (χ3v) is 13.4. The summed E-state index contributed by atoms with van der Waals surface area (Å²) >= 11 is 1.89. The number of benzene rings is 5. The Morgan fingerprint density at radius 1 is 0.387 bits per heavy atom. The quantitative estimate of drug-likeness (QED) is 0.165. The van der Waals surface area contributed by atoms with Crippen molar-refractivity contribution in [2.45, 2.75) is 23.2 Å². The van der Waals surface area contributed by atoms with E-state index in [1.54, 1.807) is 0 Å². The monoisotopic (exact) mass is 812 g/mol. The first-order valence-corrected chi connectivity index (χ1v) is 21.7. The van der Waals surface area contributed by atoms with Crippen LogP contribution in [0.2, 0.25) is 0 Å². The van der Waals surface area contributed by atoms with Crippen LogP contribution in [0.1, 0.15) is 29.5 Å². The fraction of sp³-hybridized carbons (Fsp3) is 0.0545. The predicted octanol–water partition coefficient (Wildman–Crippen LogP) is 13.1. The van der Waals surface area contributed by atoms with E-state index in [0.717, 1.165) is 63.2 Å². The summed E-state index contributed by atoms with van der Waals surface area (Å²) in [6.07, 6.45) is 14.2. The second-order valence-electron chi connectivity index (χ2n) is 15.8. The molecule has 7 heteroatoms. The van der Waals surface area contributed by atoms with Gasteiger partial charge in [0.25, 0.3) is 0 Å². The molecule has 5 aromatic carbocycles. The summed E-state index contributed by atoms with van der Waals surface area (Å²) in [5, 5.41) is 0. The minimum absolute atomic E-state index is 0.586. The molecule has 292 valence electrons. The number of aromatic nitrogens is 6. The number of nitrogens with zero attached hydrogens (tertiary/aromatic N) is 6. The third kappa shape index (κ3) is 5.96. The van der Waals surface area contributed by atoms with Crippen molar-refractivity contribution in [1.29, 1.82) is 0 Å². The summed E-state index contributed by atoms with van der Waals surface area (Å²) in [7, 11) is 0. The Balaban J connectivity index is 1.10. The first kappa shape index (κ1) is 36.3. The Kier molecular flexibility index (Phi) is 8.68. The second-order valence-corrected chi connectivity index (χ2v) is 16.9. The van der Waals surface area contributed by atoms with Crippen LogP contribution in [0.5, 0.6) is 0 Å². The van der Waals surface area contributed by atoms with Crippen LogP contribution in [-0.2, 0) is 5.41 Å². The number of rotatable bonds is 6. The summed E-state index contributed by atoms with van der Waals surface area (Å²) in [6.45, 7) is 0. The van der Waals surface area contributed by atoms with Crippen LogP contribution < -0.4 is 0 Å². The van der Waals surface area contributed by atoms with Gasteiger partial charge in [-0.15, -0.1) is 0 Å². The van der Waals surface area contributed by atoms with E-state index in [-0.39, 0.29) is 0 Å². The van der Waals surface area contributed by atoms with Crippen molar-refractivity contribution in [2.75, 3.05) is 0 Å². The molecule has 1 aliphatic heterocycles. The van der Waals surface area contributed by atoms with E-state index in [1.165, 1.54) is 43.2 Å². The maximum atomic E-state index is 5.19. The highest BCUT2D eigenvalue weighted by Gasteiger charge is 2.52. The highest BCUT2D eigenvalue weighted by molar-refractivity contribution is 8.03. The molecule has 0 radical (unpaired) electrons. The van der Waals surface area contributed by atoms with Gasteiger partial charge >= 0.3 is 0 Å². The summed E-state index contributed by atoms with van der Waals surface area (Å²) < 4.78 is 0. The molecule has 62 heavy (non-hydrogen) atoms. The lowest BCUT2D eigenvalue weighted by molar-refractivity contribution is 0.724. The number of allylic oxidation sites excluding steroid dienone is 3. The maximum Gasteiger partial charge on any atom is 0.164 e. The molecule has 1 unspecified atom stereocenters. The first-order valence-electron chi connectivity index (χ1n) is 20.9. The van der Waals surface area contributed by atoms with Gasteiger partial charge in [-0.05, 0) is 112 Å². The number of pyridine rings is 3. The molecular weight excluding hydrogens is 777 g/mol. The summed E-state index contributed by atoms with van der Waals surface area (Å²) in [6, 6.07) is 55.8. The lowest BCUT2D eigenvalue weighted by Gasteiger charge is -2.42. The van der Waals surface area contributed by atoms with Crippen molar-refractivity contribution in [3.63, 3.8) is 0 Å². The molecule has 3 aliphatic rings. The van der Waals surface area contributed by atoms with Crippen LogP contribution in [-0.4, -0.2) is 29.9 Å². The molecule has 12 rings (SSSR count). The zero-order valence-electron chi connectivity index (χ0n) is 33.5. The fourth-order valence-electron chi connectivity index (χ4n) is 9.42. The Bertz CT molecular complexity index is 2970. The largest absolute Gasteiger partial charge is 0.265 e. The highest BCUT2D eigenvalue weighted by Crippen LogP contribution is 2.65. The summed E-state index contributed by atoms with van der Waals surface area (Å²) in [5.41, 5.74) is 15.9. The van der Waals surface area contributed by atoms with E-state index in [4.69, 9.17) is 19.9 Å². The van der Waals surface area contributed by atoms with Crippen molar-refractivity contribution in [3.05, 3.63) is 222 Å². The Labute approximate surface area is 363 Å². The van der Waals surface area contributed by atoms with E-state index in [9.17, 15) is 0 Å². The molecule has 5 heterocycles. The van der Waals surface area contributed by atoms with Gasteiger partial charge in [0.05, 0.1) is 16.8 Å². The summed E-state index contributed by atoms with van der Waals surface area (Å²) in [4.78, 5) is 31.7. The Morgan fingerprint density at radius 2 is 0.903 bits per heavy atom. The van der Waals surface area contributed by atoms with Gasteiger partial charge < -0.3 is 0 Å². The Hall–Kier alpha value is -7.61. The van der Waals surface area contributed by atoms with Crippen LogP contribution in [0.25, 0.3) is 78.9 Å². The number of thioether (sulfide) groups is 1. The second kappa shape index (κ2) is 14.8. The number of fused-ring (bicyclic) bond motifs is 9. The number of hydrogen-bond donors (Lipinski definition) is 0. The van der Waals surface area contributed by atoms with Crippen molar-refractivity contribution < 1.29 is 0 Å². The standard InChI is InChI=1S/C55H36N6S/c1-3-11-37(12-4-1)52-59-53(38-13-5-2-6-14-38)61-54(60-52)40-20-22-43-42-21-19-39(41-33-48(35-23-27-56-28-24-35)58-49(34-41)36-25-29-57-30-26-36)31-46(42)55(47(43)32-40)44-15-7-9-17-50(44)62-51-18-10-8-16-45(51)55/h1-7,9,11-34H,8,10H2. The smallest absolute Gasteiger partial charge is 0.164 e. The van der Waals surface area contributed by atoms with E-state index in [2.05, 4.69) is 119 Å². The normalized spacial score (nSPS) is 15.8. The van der Waals surface area contributed by atoms with Gasteiger partial charge in [-0.2, -0.15) is 0 Å². The lowest BCUT2D eigenvalue weighted by Crippen LogP contribution is -2.34. The van der Waals surface area contributed by atoms with Crippen LogP contribution in [0.15, 0.2) is 210 Å². The van der Waals surface area contributed by atoms with Crippen molar-refractivity contribution in [3.8, 4) is 78.9 Å². The van der Waals surface area contributed by atoms with Gasteiger partial charge in [0.1, 0.15) is 0 Å². The van der Waals surface area contributed by atoms with Gasteiger partial charge in [0.2, 0.25) is 0 Å². The molecule has 0 saturated carbocycles. The molecule has 4 aromatic heterocycles. The van der Waals surface area contributed by atoms with Crippen LogP contribution in [0.4, 0.5) is 0 Å². The molecule has 2 aliphatic carbocycles. The van der Waals surface area contributed by atoms with Gasteiger partial charge in [-0.1, -0.05) is 127 Å². The van der Waals surface area contributed by atoms with E-state index >= 15 is 0 Å². The van der Waals surface area contributed by atoms with Crippen LogP contribution >= 0.6 is 11.8 Å². The molecule has 0 bridgehead atoms. The molecule has 0 saturated heterocycles. The molecule has 0 fully saturated rings. The maximum absolute atomic E-state index is 5.19. The molecule has 6 nitrogen and oxygen atoms in total. The zero-order chi connectivity index (χ0) is 41.0. The van der Waals surface area contributed by atoms with Crippen molar-refractivity contribution in [2.24, 2.45) is 0 Å².